The second kappa shape index (κ2) is 8.34. The van der Waals surface area contributed by atoms with E-state index < -0.39 is 6.10 Å². The summed E-state index contributed by atoms with van der Waals surface area (Å²) in [5.41, 5.74) is 2.02. The summed E-state index contributed by atoms with van der Waals surface area (Å²) in [7, 11) is 0. The smallest absolute Gasteiger partial charge is 0.265 e. The molecule has 4 heteroatoms. The summed E-state index contributed by atoms with van der Waals surface area (Å²) < 4.78 is 5.99. The van der Waals surface area contributed by atoms with Gasteiger partial charge in [-0.15, -0.1) is 0 Å². The average molecular weight is 374 g/mol. The molecule has 1 aliphatic heterocycles. The molecule has 0 bridgehead atoms. The highest BCUT2D eigenvalue weighted by molar-refractivity contribution is 5.94. The minimum absolute atomic E-state index is 0.121. The number of ether oxygens (including phenoxy) is 1. The van der Waals surface area contributed by atoms with Crippen LogP contribution in [0.5, 0.6) is 5.75 Å². The Labute approximate surface area is 166 Å². The van der Waals surface area contributed by atoms with Crippen molar-refractivity contribution in [3.63, 3.8) is 0 Å². The van der Waals surface area contributed by atoms with Crippen LogP contribution in [0.3, 0.4) is 0 Å². The molecule has 1 N–H and O–H groups in total. The molecule has 1 fully saturated rings. The molecule has 0 unspecified atom stereocenters. The summed E-state index contributed by atoms with van der Waals surface area (Å²) in [5.74, 6) is 0.592. The lowest BCUT2D eigenvalue weighted by Gasteiger charge is -2.19. The summed E-state index contributed by atoms with van der Waals surface area (Å²) in [4.78, 5) is 15.1. The molecule has 4 rings (SSSR count). The molecule has 144 valence electrons. The van der Waals surface area contributed by atoms with E-state index in [1.54, 1.807) is 0 Å². The van der Waals surface area contributed by atoms with Gasteiger partial charge in [0.1, 0.15) is 5.75 Å². The van der Waals surface area contributed by atoms with Crippen molar-refractivity contribution in [2.75, 3.05) is 23.3 Å². The monoisotopic (exact) mass is 374 g/mol. The van der Waals surface area contributed by atoms with E-state index in [9.17, 15) is 4.79 Å². The van der Waals surface area contributed by atoms with Crippen LogP contribution >= 0.6 is 0 Å². The molecule has 3 aromatic carbocycles. The van der Waals surface area contributed by atoms with E-state index in [1.807, 2.05) is 55.5 Å². The van der Waals surface area contributed by atoms with Gasteiger partial charge in [0.2, 0.25) is 0 Å². The van der Waals surface area contributed by atoms with Crippen molar-refractivity contribution in [1.29, 1.82) is 0 Å². The quantitative estimate of drug-likeness (QED) is 0.642. The second-order valence-electron chi connectivity index (χ2n) is 7.25. The Morgan fingerprint density at radius 2 is 1.71 bits per heavy atom. The predicted molar refractivity (Wildman–Crippen MR) is 115 cm³/mol. The van der Waals surface area contributed by atoms with E-state index in [0.717, 1.165) is 29.5 Å². The molecule has 0 aliphatic carbocycles. The molecule has 1 amide bonds. The van der Waals surface area contributed by atoms with Crippen LogP contribution in [-0.4, -0.2) is 25.1 Å². The molecule has 1 saturated heterocycles. The van der Waals surface area contributed by atoms with Crippen LogP contribution in [0.4, 0.5) is 11.4 Å². The zero-order chi connectivity index (χ0) is 19.3. The van der Waals surface area contributed by atoms with Crippen molar-refractivity contribution in [3.05, 3.63) is 66.7 Å². The number of rotatable bonds is 6. The average Bonchev–Trinajstić information content (AvgIpc) is 3.27. The third kappa shape index (κ3) is 4.11. The van der Waals surface area contributed by atoms with Gasteiger partial charge in [-0.2, -0.15) is 0 Å². The van der Waals surface area contributed by atoms with Gasteiger partial charge in [-0.25, -0.2) is 0 Å². The van der Waals surface area contributed by atoms with Crippen LogP contribution in [0.25, 0.3) is 10.8 Å². The summed E-state index contributed by atoms with van der Waals surface area (Å²) in [5, 5.41) is 5.25. The summed E-state index contributed by atoms with van der Waals surface area (Å²) in [6, 6.07) is 22.1. The van der Waals surface area contributed by atoms with Gasteiger partial charge in [0, 0.05) is 24.5 Å². The third-order valence-corrected chi connectivity index (χ3v) is 5.27. The minimum atomic E-state index is -0.528. The molecule has 0 radical (unpaired) electrons. The number of nitrogens with zero attached hydrogens (tertiary/aromatic N) is 1. The standard InChI is InChI=1S/C24H26N2O2/c1-2-23(28-22-14-9-18-7-3-4-8-19(18)17-22)24(27)25-20-10-12-21(13-11-20)26-15-5-6-16-26/h3-4,7-14,17,23H,2,5-6,15-16H2,1H3,(H,25,27)/t23-/m1/s1. The van der Waals surface area contributed by atoms with Crippen molar-refractivity contribution in [3.8, 4) is 5.75 Å². The lowest BCUT2D eigenvalue weighted by Crippen LogP contribution is -2.32. The number of amides is 1. The molecule has 1 aliphatic rings. The number of nitrogens with one attached hydrogen (secondary N) is 1. The van der Waals surface area contributed by atoms with Gasteiger partial charge < -0.3 is 15.0 Å². The molecule has 3 aromatic rings. The minimum Gasteiger partial charge on any atom is -0.481 e. The third-order valence-electron chi connectivity index (χ3n) is 5.27. The zero-order valence-electron chi connectivity index (χ0n) is 16.2. The second-order valence-corrected chi connectivity index (χ2v) is 7.25. The van der Waals surface area contributed by atoms with E-state index >= 15 is 0 Å². The normalized spacial score (nSPS) is 14.8. The van der Waals surface area contributed by atoms with Gasteiger partial charge in [0.05, 0.1) is 0 Å². The van der Waals surface area contributed by atoms with Crippen LogP contribution < -0.4 is 15.0 Å². The first kappa shape index (κ1) is 18.4. The van der Waals surface area contributed by atoms with Gasteiger partial charge in [-0.1, -0.05) is 37.3 Å². The molecule has 0 saturated carbocycles. The Kier molecular flexibility index (Phi) is 5.47. The van der Waals surface area contributed by atoms with E-state index in [0.29, 0.717) is 12.2 Å². The number of hydrogen-bond acceptors (Lipinski definition) is 3. The van der Waals surface area contributed by atoms with Crippen molar-refractivity contribution < 1.29 is 9.53 Å². The maximum absolute atomic E-state index is 12.7. The van der Waals surface area contributed by atoms with Gasteiger partial charge >= 0.3 is 0 Å². The molecule has 1 heterocycles. The van der Waals surface area contributed by atoms with E-state index in [1.165, 1.54) is 18.5 Å². The fraction of sp³-hybridized carbons (Fsp3) is 0.292. The van der Waals surface area contributed by atoms with Gasteiger partial charge in [-0.05, 0) is 66.4 Å². The van der Waals surface area contributed by atoms with Crippen LogP contribution in [-0.2, 0) is 4.79 Å². The Morgan fingerprint density at radius 3 is 2.43 bits per heavy atom. The molecular weight excluding hydrogens is 348 g/mol. The maximum Gasteiger partial charge on any atom is 0.265 e. The lowest BCUT2D eigenvalue weighted by molar-refractivity contribution is -0.122. The van der Waals surface area contributed by atoms with Crippen molar-refractivity contribution in [2.24, 2.45) is 0 Å². The molecular formula is C24H26N2O2. The van der Waals surface area contributed by atoms with E-state index in [4.69, 9.17) is 4.74 Å². The van der Waals surface area contributed by atoms with Crippen LogP contribution in [0.1, 0.15) is 26.2 Å². The lowest BCUT2D eigenvalue weighted by atomic mass is 10.1. The Morgan fingerprint density at radius 1 is 1.00 bits per heavy atom. The highest BCUT2D eigenvalue weighted by atomic mass is 16.5. The zero-order valence-corrected chi connectivity index (χ0v) is 16.2. The number of benzene rings is 3. The molecule has 1 atom stereocenters. The van der Waals surface area contributed by atoms with Crippen LogP contribution in [0, 0.1) is 0 Å². The van der Waals surface area contributed by atoms with Crippen molar-refractivity contribution >= 4 is 28.1 Å². The largest absolute Gasteiger partial charge is 0.481 e. The number of carbonyl (C=O) groups excluding carboxylic acids is 1. The van der Waals surface area contributed by atoms with E-state index in [2.05, 4.69) is 28.4 Å². The summed E-state index contributed by atoms with van der Waals surface area (Å²) >= 11 is 0. The van der Waals surface area contributed by atoms with Gasteiger partial charge in [-0.3, -0.25) is 4.79 Å². The molecule has 28 heavy (non-hydrogen) atoms. The predicted octanol–water partition coefficient (Wildman–Crippen LogP) is 5.24. The molecule has 0 aromatic heterocycles. The van der Waals surface area contributed by atoms with Crippen LogP contribution in [0.15, 0.2) is 66.7 Å². The molecule has 4 nitrogen and oxygen atoms in total. The first-order valence-electron chi connectivity index (χ1n) is 10.0. The maximum atomic E-state index is 12.7. The Bertz CT molecular complexity index is 946. The Balaban J connectivity index is 1.41. The number of fused-ring (bicyclic) bond motifs is 1. The summed E-state index contributed by atoms with van der Waals surface area (Å²) in [6.45, 7) is 4.19. The fourth-order valence-corrected chi connectivity index (χ4v) is 3.68. The highest BCUT2D eigenvalue weighted by Crippen LogP contribution is 2.24. The highest BCUT2D eigenvalue weighted by Gasteiger charge is 2.19. The number of anilines is 2. The first-order valence-corrected chi connectivity index (χ1v) is 10.0. The van der Waals surface area contributed by atoms with Crippen molar-refractivity contribution in [1.82, 2.24) is 0 Å². The van der Waals surface area contributed by atoms with E-state index in [-0.39, 0.29) is 5.91 Å². The summed E-state index contributed by atoms with van der Waals surface area (Å²) in [6.07, 6.45) is 2.58. The topological polar surface area (TPSA) is 41.6 Å². The van der Waals surface area contributed by atoms with Gasteiger partial charge in [0.15, 0.2) is 6.10 Å². The Hall–Kier alpha value is -3.01. The molecule has 0 spiro atoms. The SMILES string of the molecule is CC[C@@H](Oc1ccc2ccccc2c1)C(=O)Nc1ccc(N2CCCC2)cc1. The van der Waals surface area contributed by atoms with Crippen molar-refractivity contribution in [2.45, 2.75) is 32.3 Å². The number of carbonyl (C=O) groups is 1. The first-order chi connectivity index (χ1) is 13.7. The van der Waals surface area contributed by atoms with Crippen LogP contribution in [0.2, 0.25) is 0 Å². The van der Waals surface area contributed by atoms with Gasteiger partial charge in [0.25, 0.3) is 5.91 Å². The fourth-order valence-electron chi connectivity index (χ4n) is 3.68. The number of hydrogen-bond donors (Lipinski definition) is 1.